The Labute approximate surface area is 129 Å². The van der Waals surface area contributed by atoms with Gasteiger partial charge < -0.3 is 10.2 Å². The molecule has 1 heterocycles. The van der Waals surface area contributed by atoms with E-state index < -0.39 is 0 Å². The summed E-state index contributed by atoms with van der Waals surface area (Å²) in [5, 5.41) is 0. The van der Waals surface area contributed by atoms with Crippen molar-refractivity contribution >= 4 is 11.1 Å². The number of nitrogens with zero attached hydrogens (tertiary/aromatic N) is 1. The predicted molar refractivity (Wildman–Crippen MR) is 87.8 cm³/mol. The molecule has 0 aliphatic rings. The Morgan fingerprint density at radius 2 is 1.86 bits per heavy atom. The molecule has 114 valence electrons. The smallest absolute Gasteiger partial charge is 0.408 e. The number of nitrogens with two attached hydrogens (primary N) is 1. The van der Waals surface area contributed by atoms with Crippen LogP contribution >= 0.6 is 0 Å². The Morgan fingerprint density at radius 3 is 2.59 bits per heavy atom. The monoisotopic (exact) mass is 296 g/mol. The highest BCUT2D eigenvalue weighted by Gasteiger charge is 2.13. The Bertz CT molecular complexity index is 815. The van der Waals surface area contributed by atoms with E-state index in [4.69, 9.17) is 10.2 Å². The second-order valence-electron chi connectivity index (χ2n) is 5.54. The lowest BCUT2D eigenvalue weighted by atomic mass is 10.0. The van der Waals surface area contributed by atoms with E-state index in [2.05, 4.69) is 19.1 Å². The fraction of sp³-hybridized carbons (Fsp3) is 0.278. The molecule has 0 aliphatic carbocycles. The quantitative estimate of drug-likeness (QED) is 0.786. The molecule has 0 radical (unpaired) electrons. The molecule has 1 unspecified atom stereocenters. The van der Waals surface area contributed by atoms with Crippen molar-refractivity contribution in [1.29, 1.82) is 0 Å². The Morgan fingerprint density at radius 1 is 1.14 bits per heavy atom. The van der Waals surface area contributed by atoms with E-state index in [1.807, 2.05) is 30.3 Å². The molecule has 0 spiro atoms. The van der Waals surface area contributed by atoms with Crippen LogP contribution in [0.4, 0.5) is 0 Å². The van der Waals surface area contributed by atoms with E-state index in [0.29, 0.717) is 12.1 Å². The van der Waals surface area contributed by atoms with Crippen molar-refractivity contribution in [2.24, 2.45) is 5.73 Å². The molecule has 1 atom stereocenters. The van der Waals surface area contributed by atoms with Gasteiger partial charge in [0.05, 0.1) is 5.52 Å². The summed E-state index contributed by atoms with van der Waals surface area (Å²) in [4.78, 5) is 12.0. The van der Waals surface area contributed by atoms with Crippen LogP contribution < -0.4 is 11.5 Å². The van der Waals surface area contributed by atoms with Crippen molar-refractivity contribution in [2.45, 2.75) is 32.4 Å². The van der Waals surface area contributed by atoms with Crippen molar-refractivity contribution in [2.75, 3.05) is 0 Å². The second-order valence-corrected chi connectivity index (χ2v) is 5.54. The largest absolute Gasteiger partial charge is 0.420 e. The van der Waals surface area contributed by atoms with Crippen molar-refractivity contribution in [3.8, 4) is 0 Å². The van der Waals surface area contributed by atoms with Crippen LogP contribution in [0.15, 0.2) is 57.7 Å². The summed E-state index contributed by atoms with van der Waals surface area (Å²) in [6.45, 7) is 2.57. The van der Waals surface area contributed by atoms with Crippen molar-refractivity contribution in [3.05, 3.63) is 70.2 Å². The topological polar surface area (TPSA) is 61.2 Å². The maximum Gasteiger partial charge on any atom is 0.420 e. The highest BCUT2D eigenvalue weighted by Crippen LogP contribution is 2.18. The first kappa shape index (κ1) is 14.6. The van der Waals surface area contributed by atoms with Gasteiger partial charge in [-0.2, -0.15) is 0 Å². The minimum Gasteiger partial charge on any atom is -0.408 e. The molecule has 0 aliphatic heterocycles. The van der Waals surface area contributed by atoms with Crippen LogP contribution in [-0.2, 0) is 13.0 Å². The number of benzene rings is 2. The van der Waals surface area contributed by atoms with E-state index in [1.165, 1.54) is 5.56 Å². The molecule has 0 fully saturated rings. The van der Waals surface area contributed by atoms with Gasteiger partial charge in [-0.25, -0.2) is 4.79 Å². The lowest BCUT2D eigenvalue weighted by Gasteiger charge is -2.13. The zero-order valence-corrected chi connectivity index (χ0v) is 12.7. The zero-order chi connectivity index (χ0) is 15.5. The number of aromatic nitrogens is 1. The first-order valence-corrected chi connectivity index (χ1v) is 7.62. The van der Waals surface area contributed by atoms with Gasteiger partial charge in [0.1, 0.15) is 0 Å². The Kier molecular flexibility index (Phi) is 4.11. The minimum absolute atomic E-state index is 0.241. The van der Waals surface area contributed by atoms with Crippen LogP contribution in [0.2, 0.25) is 0 Å². The van der Waals surface area contributed by atoms with Crippen LogP contribution in [0.3, 0.4) is 0 Å². The van der Waals surface area contributed by atoms with Gasteiger partial charge in [-0.05, 0) is 29.7 Å². The van der Waals surface area contributed by atoms with Crippen LogP contribution in [0.5, 0.6) is 0 Å². The third-order valence-corrected chi connectivity index (χ3v) is 3.90. The summed E-state index contributed by atoms with van der Waals surface area (Å²) in [5.41, 5.74) is 9.98. The molecule has 4 heteroatoms. The summed E-state index contributed by atoms with van der Waals surface area (Å²) in [7, 11) is 0. The van der Waals surface area contributed by atoms with E-state index in [0.717, 1.165) is 23.9 Å². The summed E-state index contributed by atoms with van der Waals surface area (Å²) in [6, 6.07) is 15.5. The molecule has 3 rings (SSSR count). The third kappa shape index (κ3) is 2.83. The first-order valence-electron chi connectivity index (χ1n) is 7.62. The molecule has 0 amide bonds. The lowest BCUT2D eigenvalue weighted by molar-refractivity contribution is 0.480. The maximum absolute atomic E-state index is 12.0. The Hall–Kier alpha value is -2.33. The van der Waals surface area contributed by atoms with Gasteiger partial charge in [0.2, 0.25) is 0 Å². The molecular formula is C18H20N2O2. The van der Waals surface area contributed by atoms with E-state index in [-0.39, 0.29) is 11.8 Å². The summed E-state index contributed by atoms with van der Waals surface area (Å²) in [6.07, 6.45) is 2.20. The molecule has 0 bridgehead atoms. The van der Waals surface area contributed by atoms with Crippen LogP contribution in [0.25, 0.3) is 11.1 Å². The molecule has 2 N–H and O–H groups in total. The number of aryl methyl sites for hydroxylation is 1. The van der Waals surface area contributed by atoms with E-state index in [9.17, 15) is 4.79 Å². The van der Waals surface area contributed by atoms with Crippen molar-refractivity contribution < 1.29 is 4.42 Å². The van der Waals surface area contributed by atoms with Gasteiger partial charge in [-0.3, -0.25) is 4.57 Å². The standard InChI is InChI=1S/C18H20N2O2/c1-2-5-13-8-10-14(11-9-13)15(19)12-20-16-6-3-4-7-17(16)22-18(20)21/h3-4,6-11,15H,2,5,12,19H2,1H3. The fourth-order valence-electron chi connectivity index (χ4n) is 2.71. The number of para-hydroxylation sites is 2. The Balaban J connectivity index is 1.85. The average molecular weight is 296 g/mol. The molecule has 3 aromatic rings. The highest BCUT2D eigenvalue weighted by molar-refractivity contribution is 5.72. The van der Waals surface area contributed by atoms with Crippen LogP contribution in [0.1, 0.15) is 30.5 Å². The molecule has 1 aromatic heterocycles. The average Bonchev–Trinajstić information content (AvgIpc) is 2.84. The summed E-state index contributed by atoms with van der Waals surface area (Å²) >= 11 is 0. The molecule has 22 heavy (non-hydrogen) atoms. The molecule has 0 saturated heterocycles. The highest BCUT2D eigenvalue weighted by atomic mass is 16.4. The van der Waals surface area contributed by atoms with Crippen molar-refractivity contribution in [1.82, 2.24) is 4.57 Å². The summed E-state index contributed by atoms with van der Waals surface area (Å²) < 4.78 is 6.84. The third-order valence-electron chi connectivity index (χ3n) is 3.90. The number of fused-ring (bicyclic) bond motifs is 1. The summed E-state index contributed by atoms with van der Waals surface area (Å²) in [5.74, 6) is -0.362. The van der Waals surface area contributed by atoms with Gasteiger partial charge >= 0.3 is 5.76 Å². The minimum atomic E-state index is -0.362. The number of oxazole rings is 1. The van der Waals surface area contributed by atoms with Gasteiger partial charge in [0, 0.05) is 12.6 Å². The van der Waals surface area contributed by atoms with E-state index in [1.54, 1.807) is 10.6 Å². The molecule has 4 nitrogen and oxygen atoms in total. The first-order chi connectivity index (χ1) is 10.7. The molecule has 0 saturated carbocycles. The van der Waals surface area contributed by atoms with Gasteiger partial charge in [0.25, 0.3) is 0 Å². The SMILES string of the molecule is CCCc1ccc(C(N)Cn2c(=O)oc3ccccc32)cc1. The second kappa shape index (κ2) is 6.20. The van der Waals surface area contributed by atoms with Gasteiger partial charge in [-0.1, -0.05) is 49.7 Å². The van der Waals surface area contributed by atoms with Gasteiger partial charge in [0.15, 0.2) is 5.58 Å². The fourth-order valence-corrected chi connectivity index (χ4v) is 2.71. The zero-order valence-electron chi connectivity index (χ0n) is 12.7. The molecule has 2 aromatic carbocycles. The predicted octanol–water partition coefficient (Wildman–Crippen LogP) is 3.25. The lowest BCUT2D eigenvalue weighted by Crippen LogP contribution is -2.23. The number of hydrogen-bond donors (Lipinski definition) is 1. The maximum atomic E-state index is 12.0. The van der Waals surface area contributed by atoms with Gasteiger partial charge in [-0.15, -0.1) is 0 Å². The normalized spacial score (nSPS) is 12.6. The number of rotatable bonds is 5. The van der Waals surface area contributed by atoms with Crippen molar-refractivity contribution in [3.63, 3.8) is 0 Å². The van der Waals surface area contributed by atoms with E-state index >= 15 is 0 Å². The molecular weight excluding hydrogens is 276 g/mol. The van der Waals surface area contributed by atoms with Crippen LogP contribution in [0, 0.1) is 0 Å². The number of hydrogen-bond acceptors (Lipinski definition) is 3. The van der Waals surface area contributed by atoms with Crippen LogP contribution in [-0.4, -0.2) is 4.57 Å².